The molecular weight excluding hydrogens is 349 g/mol. The Kier molecular flexibility index (Phi) is 6.03. The average Bonchev–Trinajstić information content (AvgIpc) is 2.96. The molecule has 1 aromatic rings. The van der Waals surface area contributed by atoms with Gasteiger partial charge in [-0.25, -0.2) is 4.39 Å². The smallest absolute Gasteiger partial charge is 0.249 e. The Balaban J connectivity index is 0.00000225. The fourth-order valence-electron chi connectivity index (χ4n) is 3.38. The molecule has 6 nitrogen and oxygen atoms in total. The predicted octanol–water partition coefficient (Wildman–Crippen LogP) is 1.32. The summed E-state index contributed by atoms with van der Waals surface area (Å²) in [5.41, 5.74) is 5.49. The van der Waals surface area contributed by atoms with Crippen molar-refractivity contribution in [1.29, 1.82) is 0 Å². The summed E-state index contributed by atoms with van der Waals surface area (Å²) in [4.78, 5) is 28.3. The topological polar surface area (TPSA) is 75.9 Å². The minimum atomic E-state index is -0.987. The molecule has 2 heterocycles. The van der Waals surface area contributed by atoms with Crippen molar-refractivity contribution < 1.29 is 18.7 Å². The molecule has 138 valence electrons. The maximum atomic E-state index is 13.9. The average molecular weight is 372 g/mol. The molecule has 0 aliphatic carbocycles. The van der Waals surface area contributed by atoms with Crippen molar-refractivity contribution >= 4 is 29.9 Å². The van der Waals surface area contributed by atoms with Crippen molar-refractivity contribution in [1.82, 2.24) is 4.90 Å². The van der Waals surface area contributed by atoms with E-state index in [4.69, 9.17) is 10.5 Å². The fourth-order valence-corrected chi connectivity index (χ4v) is 3.38. The second-order valence-corrected chi connectivity index (χ2v) is 6.43. The van der Waals surface area contributed by atoms with Gasteiger partial charge in [-0.1, -0.05) is 12.1 Å². The Morgan fingerprint density at radius 3 is 2.64 bits per heavy atom. The van der Waals surface area contributed by atoms with Gasteiger partial charge >= 0.3 is 0 Å². The quantitative estimate of drug-likeness (QED) is 0.869. The number of hydrogen-bond acceptors (Lipinski definition) is 4. The van der Waals surface area contributed by atoms with Gasteiger partial charge in [0.1, 0.15) is 11.9 Å². The molecule has 2 aliphatic rings. The number of ether oxygens (including phenoxy) is 1. The number of carbonyl (C=O) groups excluding carboxylic acids is 2. The van der Waals surface area contributed by atoms with Gasteiger partial charge in [0.2, 0.25) is 11.8 Å². The summed E-state index contributed by atoms with van der Waals surface area (Å²) in [5, 5.41) is 0. The summed E-state index contributed by atoms with van der Waals surface area (Å²) >= 11 is 0. The molecule has 0 aromatic heterocycles. The Hall–Kier alpha value is -1.70. The van der Waals surface area contributed by atoms with Gasteiger partial charge in [0.05, 0.1) is 11.2 Å². The van der Waals surface area contributed by atoms with Crippen LogP contribution in [0, 0.1) is 5.82 Å². The predicted molar refractivity (Wildman–Crippen MR) is 94.1 cm³/mol. The molecule has 2 amide bonds. The first-order valence-electron chi connectivity index (χ1n) is 8.14. The molecule has 0 bridgehead atoms. The van der Waals surface area contributed by atoms with Gasteiger partial charge in [-0.2, -0.15) is 0 Å². The highest BCUT2D eigenvalue weighted by Gasteiger charge is 2.44. The zero-order valence-electron chi connectivity index (χ0n) is 14.1. The second kappa shape index (κ2) is 7.68. The Morgan fingerprint density at radius 2 is 2.00 bits per heavy atom. The lowest BCUT2D eigenvalue weighted by Gasteiger charge is -2.37. The second-order valence-electron chi connectivity index (χ2n) is 6.43. The number of nitrogens with zero attached hydrogens (tertiary/aromatic N) is 2. The molecule has 2 aliphatic heterocycles. The summed E-state index contributed by atoms with van der Waals surface area (Å²) in [6.07, 6.45) is 1.34. The molecule has 1 atom stereocenters. The van der Waals surface area contributed by atoms with Crippen molar-refractivity contribution in [3.8, 4) is 0 Å². The van der Waals surface area contributed by atoms with Gasteiger partial charge in [-0.3, -0.25) is 9.59 Å². The summed E-state index contributed by atoms with van der Waals surface area (Å²) in [6, 6.07) is 5.54. The molecule has 2 saturated heterocycles. The van der Waals surface area contributed by atoms with E-state index >= 15 is 0 Å². The highest BCUT2D eigenvalue weighted by Crippen LogP contribution is 2.28. The lowest BCUT2D eigenvalue weighted by Crippen LogP contribution is -2.59. The van der Waals surface area contributed by atoms with Gasteiger partial charge < -0.3 is 20.3 Å². The van der Waals surface area contributed by atoms with Crippen molar-refractivity contribution in [2.24, 2.45) is 5.73 Å². The number of hydrogen-bond donors (Lipinski definition) is 1. The van der Waals surface area contributed by atoms with Crippen LogP contribution in [0.1, 0.15) is 19.3 Å². The molecule has 1 unspecified atom stereocenters. The van der Waals surface area contributed by atoms with Crippen molar-refractivity contribution in [2.45, 2.75) is 30.8 Å². The fraction of sp³-hybridized carbons (Fsp3) is 0.529. The zero-order chi connectivity index (χ0) is 17.3. The maximum Gasteiger partial charge on any atom is 0.249 e. The molecular formula is C17H23ClFN3O3. The molecule has 2 N–H and O–H groups in total. The monoisotopic (exact) mass is 371 g/mol. The van der Waals surface area contributed by atoms with E-state index in [2.05, 4.69) is 0 Å². The molecule has 3 rings (SSSR count). The largest absolute Gasteiger partial charge is 0.381 e. The summed E-state index contributed by atoms with van der Waals surface area (Å²) in [7, 11) is 1.60. The van der Waals surface area contributed by atoms with E-state index in [1.165, 1.54) is 15.9 Å². The number of likely N-dealkylation sites (N-methyl/N-ethyl adjacent to an activating group) is 1. The van der Waals surface area contributed by atoms with Crippen LogP contribution in [0.3, 0.4) is 0 Å². The van der Waals surface area contributed by atoms with E-state index in [1.807, 2.05) is 0 Å². The lowest BCUT2D eigenvalue weighted by atomic mass is 9.89. The van der Waals surface area contributed by atoms with E-state index in [0.717, 1.165) is 0 Å². The van der Waals surface area contributed by atoms with Gasteiger partial charge in [-0.15, -0.1) is 12.4 Å². The highest BCUT2D eigenvalue weighted by molar-refractivity contribution is 6.02. The molecule has 0 spiro atoms. The van der Waals surface area contributed by atoms with Crippen LogP contribution >= 0.6 is 12.4 Å². The Bertz CT molecular complexity index is 652. The van der Waals surface area contributed by atoms with Crippen molar-refractivity contribution in [3.63, 3.8) is 0 Å². The standard InChI is InChI=1S/C17H22FN3O3.ClH/c1-20(16(23)17(19)7-10-24-11-8-17)14-6-9-21(15(14)22)13-5-3-2-4-12(13)18;/h2-5,14H,6-11,19H2,1H3;1H. The van der Waals surface area contributed by atoms with E-state index in [-0.39, 0.29) is 29.9 Å². The first kappa shape index (κ1) is 19.6. The third-order valence-corrected chi connectivity index (χ3v) is 4.92. The van der Waals surface area contributed by atoms with Gasteiger partial charge in [0, 0.05) is 26.8 Å². The van der Waals surface area contributed by atoms with Gasteiger partial charge in [-0.05, 0) is 31.4 Å². The number of carbonyl (C=O) groups is 2. The lowest BCUT2D eigenvalue weighted by molar-refractivity contribution is -0.144. The third kappa shape index (κ3) is 3.63. The van der Waals surface area contributed by atoms with Crippen LogP contribution < -0.4 is 10.6 Å². The number of para-hydroxylation sites is 1. The molecule has 25 heavy (non-hydrogen) atoms. The highest BCUT2D eigenvalue weighted by atomic mass is 35.5. The van der Waals surface area contributed by atoms with Crippen LogP contribution in [0.2, 0.25) is 0 Å². The Labute approximate surface area is 152 Å². The SMILES string of the molecule is CN(C(=O)C1(N)CCOCC1)C1CCN(c2ccccc2F)C1=O.Cl. The van der Waals surface area contributed by atoms with Crippen LogP contribution in [0.5, 0.6) is 0 Å². The summed E-state index contributed by atoms with van der Waals surface area (Å²) in [5.74, 6) is -0.966. The van der Waals surface area contributed by atoms with Crippen LogP contribution in [0.4, 0.5) is 10.1 Å². The minimum absolute atomic E-state index is 0. The Morgan fingerprint density at radius 1 is 1.36 bits per heavy atom. The zero-order valence-corrected chi connectivity index (χ0v) is 14.9. The van der Waals surface area contributed by atoms with E-state index in [9.17, 15) is 14.0 Å². The van der Waals surface area contributed by atoms with Crippen LogP contribution in [-0.2, 0) is 14.3 Å². The number of nitrogens with two attached hydrogens (primary N) is 1. The normalized spacial score (nSPS) is 22.4. The molecule has 0 saturated carbocycles. The van der Waals surface area contributed by atoms with Crippen LogP contribution in [0.15, 0.2) is 24.3 Å². The molecule has 2 fully saturated rings. The van der Waals surface area contributed by atoms with E-state index in [1.54, 1.807) is 25.2 Å². The molecule has 1 aromatic carbocycles. The van der Waals surface area contributed by atoms with Crippen molar-refractivity contribution in [2.75, 3.05) is 31.7 Å². The number of benzene rings is 1. The number of anilines is 1. The summed E-state index contributed by atoms with van der Waals surface area (Å²) < 4.78 is 19.2. The summed E-state index contributed by atoms with van der Waals surface area (Å²) in [6.45, 7) is 1.26. The first-order chi connectivity index (χ1) is 11.4. The number of rotatable bonds is 3. The van der Waals surface area contributed by atoms with Crippen molar-refractivity contribution in [3.05, 3.63) is 30.1 Å². The van der Waals surface area contributed by atoms with Gasteiger partial charge in [0.25, 0.3) is 0 Å². The maximum absolute atomic E-state index is 13.9. The van der Waals surface area contributed by atoms with E-state index in [0.29, 0.717) is 39.0 Å². The third-order valence-electron chi connectivity index (χ3n) is 4.92. The molecule has 0 radical (unpaired) electrons. The van der Waals surface area contributed by atoms with E-state index < -0.39 is 17.4 Å². The minimum Gasteiger partial charge on any atom is -0.381 e. The molecule has 8 heteroatoms. The van der Waals surface area contributed by atoms with Gasteiger partial charge in [0.15, 0.2) is 0 Å². The van der Waals surface area contributed by atoms with Crippen LogP contribution in [0.25, 0.3) is 0 Å². The first-order valence-corrected chi connectivity index (χ1v) is 8.14. The van der Waals surface area contributed by atoms with Crippen LogP contribution in [-0.4, -0.2) is 55.1 Å². The number of amides is 2. The number of halogens is 2.